The van der Waals surface area contributed by atoms with E-state index in [0.29, 0.717) is 35.1 Å². The van der Waals surface area contributed by atoms with Gasteiger partial charge in [-0.3, -0.25) is 19.5 Å². The van der Waals surface area contributed by atoms with E-state index in [4.69, 9.17) is 0 Å². The fraction of sp³-hybridized carbons (Fsp3) is 0.304. The third-order valence-electron chi connectivity index (χ3n) is 4.64. The van der Waals surface area contributed by atoms with Gasteiger partial charge in [-0.1, -0.05) is 68.1 Å². The van der Waals surface area contributed by atoms with Crippen molar-refractivity contribution in [3.63, 3.8) is 0 Å². The highest BCUT2D eigenvalue weighted by Crippen LogP contribution is 2.18. The zero-order valence-corrected chi connectivity index (χ0v) is 18.4. The third-order valence-corrected chi connectivity index (χ3v) is 5.61. The molecule has 162 valence electrons. The number of urea groups is 1. The first-order valence-electron chi connectivity index (χ1n) is 10.2. The van der Waals surface area contributed by atoms with Crippen LogP contribution in [0, 0.1) is 5.92 Å². The number of nitrogens with one attached hydrogen (secondary N) is 2. The molecule has 7 nitrogen and oxygen atoms in total. The first kappa shape index (κ1) is 22.6. The van der Waals surface area contributed by atoms with Crippen LogP contribution in [0.5, 0.6) is 0 Å². The number of rotatable bonds is 8. The number of fused-ring (bicyclic) bond motifs is 1. The Bertz CT molecular complexity index is 1110. The summed E-state index contributed by atoms with van der Waals surface area (Å²) in [7, 11) is 0. The number of amides is 3. The van der Waals surface area contributed by atoms with Gasteiger partial charge in [0.1, 0.15) is 0 Å². The second kappa shape index (κ2) is 10.8. The highest BCUT2D eigenvalue weighted by Gasteiger charge is 2.15. The Balaban J connectivity index is 1.64. The molecule has 0 saturated heterocycles. The minimum Gasteiger partial charge on any atom is -0.334 e. The number of carbonyl (C=O) groups excluding carboxylic acids is 2. The molecule has 3 amide bonds. The molecule has 0 fully saturated rings. The number of nitrogens with zero attached hydrogens (tertiary/aromatic N) is 2. The van der Waals surface area contributed by atoms with E-state index in [1.54, 1.807) is 16.7 Å². The van der Waals surface area contributed by atoms with Crippen molar-refractivity contribution in [3.8, 4) is 0 Å². The molecule has 0 aliphatic carbocycles. The second-order valence-electron chi connectivity index (χ2n) is 7.56. The highest BCUT2D eigenvalue weighted by molar-refractivity contribution is 7.99. The van der Waals surface area contributed by atoms with Gasteiger partial charge in [-0.05, 0) is 30.0 Å². The maximum atomic E-state index is 12.9. The van der Waals surface area contributed by atoms with Gasteiger partial charge in [-0.25, -0.2) is 9.78 Å². The van der Waals surface area contributed by atoms with Crippen LogP contribution in [0.15, 0.2) is 64.5 Å². The van der Waals surface area contributed by atoms with Gasteiger partial charge in [0.15, 0.2) is 5.16 Å². The predicted octanol–water partition coefficient (Wildman–Crippen LogP) is 3.56. The lowest BCUT2D eigenvalue weighted by Gasteiger charge is -2.14. The fourth-order valence-electron chi connectivity index (χ4n) is 2.96. The van der Waals surface area contributed by atoms with E-state index in [2.05, 4.69) is 29.5 Å². The predicted molar refractivity (Wildman–Crippen MR) is 123 cm³/mol. The van der Waals surface area contributed by atoms with E-state index in [1.165, 1.54) is 0 Å². The smallest absolute Gasteiger partial charge is 0.321 e. The Morgan fingerprint density at radius 1 is 1.06 bits per heavy atom. The van der Waals surface area contributed by atoms with Crippen LogP contribution in [-0.2, 0) is 17.9 Å². The van der Waals surface area contributed by atoms with Gasteiger partial charge in [-0.2, -0.15) is 0 Å². The van der Waals surface area contributed by atoms with E-state index < -0.39 is 11.9 Å². The molecule has 3 aromatic rings. The topological polar surface area (TPSA) is 93.1 Å². The van der Waals surface area contributed by atoms with Crippen molar-refractivity contribution in [1.82, 2.24) is 20.2 Å². The van der Waals surface area contributed by atoms with E-state index in [9.17, 15) is 14.4 Å². The first-order chi connectivity index (χ1) is 14.9. The number of hydrogen-bond donors (Lipinski definition) is 2. The third kappa shape index (κ3) is 6.42. The van der Waals surface area contributed by atoms with Crippen molar-refractivity contribution < 1.29 is 9.59 Å². The lowest BCUT2D eigenvalue weighted by atomic mass is 10.1. The number of imide groups is 1. The van der Waals surface area contributed by atoms with Gasteiger partial charge in [0.25, 0.3) is 5.56 Å². The molecule has 8 heteroatoms. The summed E-state index contributed by atoms with van der Waals surface area (Å²) < 4.78 is 1.62. The van der Waals surface area contributed by atoms with Crippen molar-refractivity contribution in [3.05, 3.63) is 70.5 Å². The molecule has 2 N–H and O–H groups in total. The van der Waals surface area contributed by atoms with Crippen molar-refractivity contribution >= 4 is 34.6 Å². The molecule has 0 spiro atoms. The lowest BCUT2D eigenvalue weighted by molar-refractivity contribution is -0.117. The van der Waals surface area contributed by atoms with Crippen LogP contribution in [-0.4, -0.2) is 27.2 Å². The molecule has 0 saturated carbocycles. The molecule has 0 atom stereocenters. The Hall–Kier alpha value is -3.13. The maximum Gasteiger partial charge on any atom is 0.321 e. The lowest BCUT2D eigenvalue weighted by Crippen LogP contribution is -2.40. The van der Waals surface area contributed by atoms with Gasteiger partial charge in [0.05, 0.1) is 16.7 Å². The summed E-state index contributed by atoms with van der Waals surface area (Å²) in [5.41, 5.74) is 1.42. The van der Waals surface area contributed by atoms with Gasteiger partial charge >= 0.3 is 6.03 Å². The molecule has 0 aliphatic rings. The fourth-order valence-corrected chi connectivity index (χ4v) is 3.78. The molecule has 2 aromatic carbocycles. The zero-order valence-electron chi connectivity index (χ0n) is 17.6. The molecule has 0 bridgehead atoms. The summed E-state index contributed by atoms with van der Waals surface area (Å²) in [5.74, 6) is -0.0493. The van der Waals surface area contributed by atoms with Crippen molar-refractivity contribution in [1.29, 1.82) is 0 Å². The molecule has 3 rings (SSSR count). The number of benzene rings is 2. The minimum absolute atomic E-state index is 0.0226. The highest BCUT2D eigenvalue weighted by atomic mass is 32.2. The summed E-state index contributed by atoms with van der Waals surface area (Å²) >= 11 is 1.15. The maximum absolute atomic E-state index is 12.9. The molecular formula is C23H26N4O3S. The van der Waals surface area contributed by atoms with E-state index in [0.717, 1.165) is 23.7 Å². The molecule has 0 unspecified atom stereocenters. The summed E-state index contributed by atoms with van der Waals surface area (Å²) in [6, 6.07) is 16.1. The van der Waals surface area contributed by atoms with Gasteiger partial charge in [0, 0.05) is 13.1 Å². The van der Waals surface area contributed by atoms with E-state index >= 15 is 0 Å². The molecule has 0 radical (unpaired) electrons. The van der Waals surface area contributed by atoms with E-state index in [1.807, 2.05) is 42.5 Å². The Kier molecular flexibility index (Phi) is 7.83. The molecule has 0 aliphatic heterocycles. The van der Waals surface area contributed by atoms with Crippen LogP contribution < -0.4 is 16.2 Å². The van der Waals surface area contributed by atoms with Crippen LogP contribution in [0.3, 0.4) is 0 Å². The Morgan fingerprint density at radius 3 is 2.52 bits per heavy atom. The molecular weight excluding hydrogens is 412 g/mol. The molecule has 31 heavy (non-hydrogen) atoms. The summed E-state index contributed by atoms with van der Waals surface area (Å²) in [5, 5.41) is 6.00. The number of hydrogen-bond acceptors (Lipinski definition) is 5. The van der Waals surface area contributed by atoms with Gasteiger partial charge in [0.2, 0.25) is 5.91 Å². The van der Waals surface area contributed by atoms with E-state index in [-0.39, 0.29) is 11.3 Å². The number of thioether (sulfide) groups is 1. The average molecular weight is 439 g/mol. The number of para-hydroxylation sites is 1. The number of carbonyl (C=O) groups is 2. The number of aromatic nitrogens is 2. The van der Waals surface area contributed by atoms with Crippen LogP contribution >= 0.6 is 11.8 Å². The molecule has 1 heterocycles. The standard InChI is InChI=1S/C23H26N4O3S/c1-16(2)12-13-27-21(29)18-10-6-7-11-19(18)25-23(27)31-15-20(28)26-22(30)24-14-17-8-4-3-5-9-17/h3-11,16H,12-15H2,1-2H3,(H2,24,26,28,30). The van der Waals surface area contributed by atoms with Gasteiger partial charge in [-0.15, -0.1) is 0 Å². The normalized spacial score (nSPS) is 10.9. The minimum atomic E-state index is -0.557. The van der Waals surface area contributed by atoms with Crippen molar-refractivity contribution in [2.75, 3.05) is 5.75 Å². The largest absolute Gasteiger partial charge is 0.334 e. The second-order valence-corrected chi connectivity index (χ2v) is 8.50. The summed E-state index contributed by atoms with van der Waals surface area (Å²) in [6.45, 7) is 5.03. The van der Waals surface area contributed by atoms with Crippen molar-refractivity contribution in [2.45, 2.75) is 38.5 Å². The first-order valence-corrected chi connectivity index (χ1v) is 11.2. The summed E-state index contributed by atoms with van der Waals surface area (Å²) in [4.78, 5) is 41.8. The van der Waals surface area contributed by atoms with Crippen LogP contribution in [0.4, 0.5) is 4.79 Å². The van der Waals surface area contributed by atoms with Gasteiger partial charge < -0.3 is 5.32 Å². The zero-order chi connectivity index (χ0) is 22.2. The van der Waals surface area contributed by atoms with Crippen LogP contribution in [0.2, 0.25) is 0 Å². The SMILES string of the molecule is CC(C)CCn1c(SCC(=O)NC(=O)NCc2ccccc2)nc2ccccc2c1=O. The monoisotopic (exact) mass is 438 g/mol. The average Bonchev–Trinajstić information content (AvgIpc) is 2.76. The Labute approximate surface area is 185 Å². The van der Waals surface area contributed by atoms with Crippen molar-refractivity contribution in [2.24, 2.45) is 5.92 Å². The quantitative estimate of drug-likeness (QED) is 0.414. The summed E-state index contributed by atoms with van der Waals surface area (Å²) in [6.07, 6.45) is 0.821. The Morgan fingerprint density at radius 2 is 1.77 bits per heavy atom. The van der Waals surface area contributed by atoms with Crippen LogP contribution in [0.25, 0.3) is 10.9 Å². The van der Waals surface area contributed by atoms with Crippen LogP contribution in [0.1, 0.15) is 25.8 Å². The molecule has 1 aromatic heterocycles.